The lowest BCUT2D eigenvalue weighted by Crippen LogP contribution is -2.28. The van der Waals surface area contributed by atoms with Gasteiger partial charge >= 0.3 is 0 Å². The monoisotopic (exact) mass is 403 g/mol. The van der Waals surface area contributed by atoms with Crippen LogP contribution in [0.15, 0.2) is 0 Å². The molecule has 0 aliphatic rings. The molecule has 0 unspecified atom stereocenters. The van der Waals surface area contributed by atoms with Gasteiger partial charge in [0.25, 0.3) is 0 Å². The van der Waals surface area contributed by atoms with Crippen molar-refractivity contribution in [3.8, 4) is 0 Å². The van der Waals surface area contributed by atoms with Gasteiger partial charge in [-0.1, -0.05) is 115 Å². The highest BCUT2D eigenvalue weighted by Gasteiger charge is 2.05. The molecule has 0 spiro atoms. The van der Waals surface area contributed by atoms with Crippen LogP contribution in [0.5, 0.6) is 0 Å². The summed E-state index contributed by atoms with van der Waals surface area (Å²) in [4.78, 5) is 10.5. The fourth-order valence-electron chi connectivity index (χ4n) is 3.42. The summed E-state index contributed by atoms with van der Waals surface area (Å²) in [7, 11) is 0. The van der Waals surface area contributed by atoms with E-state index < -0.39 is 0 Å². The molecule has 170 valence electrons. The predicted octanol–water partition coefficient (Wildman–Crippen LogP) is 5.79. The zero-order valence-electron chi connectivity index (χ0n) is 18.7. The van der Waals surface area contributed by atoms with Gasteiger partial charge in [0.1, 0.15) is 0 Å². The van der Waals surface area contributed by atoms with E-state index in [4.69, 9.17) is 19.9 Å². The van der Waals surface area contributed by atoms with Crippen LogP contribution in [0.3, 0.4) is 0 Å². The van der Waals surface area contributed by atoms with Gasteiger partial charge < -0.3 is 10.2 Å². The van der Waals surface area contributed by atoms with Crippen molar-refractivity contribution in [2.24, 2.45) is 0 Å². The van der Waals surface area contributed by atoms with Crippen molar-refractivity contribution in [1.82, 2.24) is 5.23 Å². The van der Waals surface area contributed by atoms with Crippen LogP contribution in [0, 0.1) is 0 Å². The molecule has 0 heterocycles. The summed E-state index contributed by atoms with van der Waals surface area (Å²) in [6.45, 7) is 3.35. The molecule has 0 aromatic rings. The summed E-state index contributed by atoms with van der Waals surface area (Å²) in [6.07, 6.45) is 23.1. The lowest BCUT2D eigenvalue weighted by molar-refractivity contribution is -0.371. The number of unbranched alkanes of at least 4 members (excludes halogenated alkanes) is 16. The van der Waals surface area contributed by atoms with E-state index in [-0.39, 0.29) is 26.4 Å². The maximum Gasteiger partial charge on any atom is 0.0942 e. The van der Waals surface area contributed by atoms with Crippen LogP contribution < -0.4 is 0 Å². The summed E-state index contributed by atoms with van der Waals surface area (Å²) >= 11 is 0. The van der Waals surface area contributed by atoms with Crippen LogP contribution in [0.4, 0.5) is 0 Å². The molecule has 0 fully saturated rings. The molecular formula is C23H49NO4. The molecule has 0 bridgehead atoms. The minimum absolute atomic E-state index is 0.0297. The van der Waals surface area contributed by atoms with Crippen molar-refractivity contribution in [1.29, 1.82) is 0 Å². The zero-order chi connectivity index (χ0) is 20.5. The largest absolute Gasteiger partial charge is 0.394 e. The van der Waals surface area contributed by atoms with Crippen LogP contribution in [0.25, 0.3) is 0 Å². The minimum atomic E-state index is -0.0297. The molecule has 2 N–H and O–H groups in total. The molecule has 0 radical (unpaired) electrons. The third kappa shape index (κ3) is 22.1. The Balaban J connectivity index is 3.23. The van der Waals surface area contributed by atoms with Crippen LogP contribution in [0.1, 0.15) is 116 Å². The van der Waals surface area contributed by atoms with Gasteiger partial charge in [0.15, 0.2) is 0 Å². The number of hydrogen-bond donors (Lipinski definition) is 2. The molecule has 0 aromatic heterocycles. The molecule has 28 heavy (non-hydrogen) atoms. The summed E-state index contributed by atoms with van der Waals surface area (Å²) in [5, 5.41) is 19.0. The van der Waals surface area contributed by atoms with Crippen molar-refractivity contribution < 1.29 is 19.9 Å². The molecule has 5 nitrogen and oxygen atoms in total. The lowest BCUT2D eigenvalue weighted by Gasteiger charge is -2.20. The SMILES string of the molecule is CCCCCCCCCCCCCCCCCCCN(OCCO)OCCO. The maximum absolute atomic E-state index is 8.80. The van der Waals surface area contributed by atoms with E-state index in [1.165, 1.54) is 108 Å². The molecule has 0 aliphatic carbocycles. The second-order valence-electron chi connectivity index (χ2n) is 7.83. The van der Waals surface area contributed by atoms with Gasteiger partial charge in [0, 0.05) is 0 Å². The quantitative estimate of drug-likeness (QED) is 0.158. The Bertz CT molecular complexity index is 271. The number of aliphatic hydroxyl groups is 2. The van der Waals surface area contributed by atoms with E-state index >= 15 is 0 Å². The Hall–Kier alpha value is -0.200. The highest BCUT2D eigenvalue weighted by Crippen LogP contribution is 2.14. The van der Waals surface area contributed by atoms with Gasteiger partial charge in [-0.15, -0.1) is 0 Å². The summed E-state index contributed by atoms with van der Waals surface area (Å²) in [5.74, 6) is 0. The standard InChI is InChI=1S/C23H49NO4/c1-2-3-4-5-6-7-8-9-10-11-12-13-14-15-16-17-18-19-24(27-22-20-25)28-23-21-26/h25-26H,2-23H2,1H3. The molecular weight excluding hydrogens is 354 g/mol. The number of hydrogen-bond acceptors (Lipinski definition) is 5. The van der Waals surface area contributed by atoms with E-state index in [9.17, 15) is 0 Å². The van der Waals surface area contributed by atoms with Gasteiger partial charge in [-0.3, -0.25) is 9.68 Å². The molecule has 0 aliphatic heterocycles. The second kappa shape index (κ2) is 24.8. The van der Waals surface area contributed by atoms with Gasteiger partial charge in [0.2, 0.25) is 0 Å². The van der Waals surface area contributed by atoms with Gasteiger partial charge in [-0.25, -0.2) is 0 Å². The van der Waals surface area contributed by atoms with Crippen molar-refractivity contribution in [3.05, 3.63) is 0 Å². The van der Waals surface area contributed by atoms with E-state index in [0.29, 0.717) is 6.54 Å². The molecule has 0 rings (SSSR count). The third-order valence-corrected chi connectivity index (χ3v) is 5.10. The lowest BCUT2D eigenvalue weighted by atomic mass is 10.0. The van der Waals surface area contributed by atoms with Crippen LogP contribution in [-0.4, -0.2) is 48.4 Å². The first kappa shape index (κ1) is 27.8. The van der Waals surface area contributed by atoms with Gasteiger partial charge in [-0.05, 0) is 6.42 Å². The topological polar surface area (TPSA) is 62.2 Å². The second-order valence-corrected chi connectivity index (χ2v) is 7.83. The van der Waals surface area contributed by atoms with Crippen molar-refractivity contribution in [3.63, 3.8) is 0 Å². The molecule has 5 heteroatoms. The molecule has 0 saturated heterocycles. The minimum Gasteiger partial charge on any atom is -0.394 e. The van der Waals surface area contributed by atoms with Crippen LogP contribution in [-0.2, 0) is 9.68 Å². The number of aliphatic hydroxyl groups excluding tert-OH is 2. The van der Waals surface area contributed by atoms with Crippen molar-refractivity contribution in [2.75, 3.05) is 33.0 Å². The van der Waals surface area contributed by atoms with E-state index in [1.54, 1.807) is 0 Å². The first-order valence-corrected chi connectivity index (χ1v) is 12.1. The average Bonchev–Trinajstić information content (AvgIpc) is 2.71. The third-order valence-electron chi connectivity index (χ3n) is 5.10. The number of rotatable bonds is 24. The smallest absolute Gasteiger partial charge is 0.0942 e. The Morgan fingerprint density at radius 1 is 0.500 bits per heavy atom. The van der Waals surface area contributed by atoms with Gasteiger partial charge in [-0.2, -0.15) is 0 Å². The fourth-order valence-corrected chi connectivity index (χ4v) is 3.42. The Labute approximate surface area is 174 Å². The van der Waals surface area contributed by atoms with Crippen LogP contribution >= 0.6 is 0 Å². The zero-order valence-corrected chi connectivity index (χ0v) is 18.7. The van der Waals surface area contributed by atoms with E-state index in [2.05, 4.69) is 6.92 Å². The Morgan fingerprint density at radius 3 is 1.14 bits per heavy atom. The molecule has 0 saturated carbocycles. The summed E-state index contributed by atoms with van der Waals surface area (Å²) in [5.41, 5.74) is 0. The molecule has 0 atom stereocenters. The Kier molecular flexibility index (Phi) is 24.7. The number of nitrogens with zero attached hydrogens (tertiary/aromatic N) is 1. The maximum atomic E-state index is 8.80. The van der Waals surface area contributed by atoms with E-state index in [0.717, 1.165) is 6.42 Å². The van der Waals surface area contributed by atoms with E-state index in [1.807, 2.05) is 0 Å². The normalized spacial score (nSPS) is 11.6. The van der Waals surface area contributed by atoms with Gasteiger partial charge in [0.05, 0.1) is 33.0 Å². The first-order valence-electron chi connectivity index (χ1n) is 12.1. The van der Waals surface area contributed by atoms with Crippen molar-refractivity contribution in [2.45, 2.75) is 116 Å². The highest BCUT2D eigenvalue weighted by atomic mass is 16.9. The fraction of sp³-hybridized carbons (Fsp3) is 1.00. The Morgan fingerprint density at radius 2 is 0.821 bits per heavy atom. The van der Waals surface area contributed by atoms with Crippen LogP contribution in [0.2, 0.25) is 0 Å². The molecule has 0 amide bonds. The number of hydroxylamine groups is 2. The predicted molar refractivity (Wildman–Crippen MR) is 117 cm³/mol. The summed E-state index contributed by atoms with van der Waals surface area (Å²) in [6, 6.07) is 0. The first-order chi connectivity index (χ1) is 13.8. The average molecular weight is 404 g/mol. The summed E-state index contributed by atoms with van der Waals surface area (Å²) < 4.78 is 0. The van der Waals surface area contributed by atoms with Crippen molar-refractivity contribution >= 4 is 0 Å². The highest BCUT2D eigenvalue weighted by molar-refractivity contribution is 4.50. The molecule has 0 aromatic carbocycles.